The summed E-state index contributed by atoms with van der Waals surface area (Å²) in [7, 11) is -8.22. The van der Waals surface area contributed by atoms with E-state index in [-0.39, 0.29) is 39.2 Å². The number of nitro groups is 1. The van der Waals surface area contributed by atoms with Gasteiger partial charge in [0.25, 0.3) is 11.6 Å². The van der Waals surface area contributed by atoms with E-state index in [1.54, 1.807) is 24.3 Å². The van der Waals surface area contributed by atoms with E-state index in [1.165, 1.54) is 48.5 Å². The summed E-state index contributed by atoms with van der Waals surface area (Å²) in [5, 5.41) is 15.0. The first-order valence-electron chi connectivity index (χ1n) is 11.4. The predicted octanol–water partition coefficient (Wildman–Crippen LogP) is 2.46. The van der Waals surface area contributed by atoms with Crippen LogP contribution in [0.2, 0.25) is 5.02 Å². The molecule has 0 bridgehead atoms. The van der Waals surface area contributed by atoms with E-state index in [2.05, 4.69) is 10.5 Å². The largest absolute Gasteiger partial charge is 0.271 e. The molecule has 0 saturated carbocycles. The summed E-state index contributed by atoms with van der Waals surface area (Å²) in [6, 6.07) is 17.2. The van der Waals surface area contributed by atoms with Gasteiger partial charge in [0.2, 0.25) is 20.0 Å². The molecule has 1 fully saturated rings. The molecule has 1 N–H and O–H groups in total. The average molecular weight is 592 g/mol. The van der Waals surface area contributed by atoms with Gasteiger partial charge in [-0.25, -0.2) is 22.3 Å². The number of nitro benzene ring substituents is 1. The van der Waals surface area contributed by atoms with Crippen LogP contribution in [-0.4, -0.2) is 68.2 Å². The van der Waals surface area contributed by atoms with E-state index >= 15 is 0 Å². The molecule has 1 atom stereocenters. The molecule has 1 amide bonds. The summed E-state index contributed by atoms with van der Waals surface area (Å²) in [6.07, 6.45) is 1.07. The smallest absolute Gasteiger partial charge is 0.270 e. The van der Waals surface area contributed by atoms with Gasteiger partial charge in [0, 0.05) is 42.4 Å². The van der Waals surface area contributed by atoms with Crippen molar-refractivity contribution in [2.75, 3.05) is 19.6 Å². The van der Waals surface area contributed by atoms with Crippen molar-refractivity contribution in [2.45, 2.75) is 15.8 Å². The van der Waals surface area contributed by atoms with Crippen molar-refractivity contribution in [3.05, 3.63) is 99.6 Å². The zero-order valence-corrected chi connectivity index (χ0v) is 22.5. The number of carbonyl (C=O) groups is 1. The highest BCUT2D eigenvalue weighted by Crippen LogP contribution is 2.26. The van der Waals surface area contributed by atoms with Crippen molar-refractivity contribution < 1.29 is 26.6 Å². The highest BCUT2D eigenvalue weighted by atomic mass is 35.5. The number of halogens is 1. The number of amides is 1. The van der Waals surface area contributed by atoms with Crippen molar-refractivity contribution in [3.63, 3.8) is 0 Å². The third-order valence-corrected chi connectivity index (χ3v) is 10.0. The van der Waals surface area contributed by atoms with Crippen LogP contribution in [0.1, 0.15) is 5.56 Å². The molecule has 0 aliphatic carbocycles. The van der Waals surface area contributed by atoms with Gasteiger partial charge in [-0.15, -0.1) is 0 Å². The van der Waals surface area contributed by atoms with Gasteiger partial charge in [0.1, 0.15) is 6.04 Å². The monoisotopic (exact) mass is 591 g/mol. The summed E-state index contributed by atoms with van der Waals surface area (Å²) >= 11 is 6.06. The minimum Gasteiger partial charge on any atom is -0.271 e. The number of hydrogen-bond donors (Lipinski definition) is 1. The number of carbonyl (C=O) groups excluding carboxylic acids is 1. The van der Waals surface area contributed by atoms with Crippen LogP contribution in [0.4, 0.5) is 5.69 Å². The second kappa shape index (κ2) is 11.6. The fourth-order valence-electron chi connectivity index (χ4n) is 3.91. The van der Waals surface area contributed by atoms with E-state index in [9.17, 15) is 31.7 Å². The number of non-ortho nitro benzene ring substituents is 1. The van der Waals surface area contributed by atoms with E-state index in [4.69, 9.17) is 11.6 Å². The van der Waals surface area contributed by atoms with Gasteiger partial charge < -0.3 is 0 Å². The lowest BCUT2D eigenvalue weighted by molar-refractivity contribution is -0.384. The molecule has 1 heterocycles. The number of rotatable bonds is 8. The Morgan fingerprint density at radius 3 is 2.13 bits per heavy atom. The minimum absolute atomic E-state index is 0.00172. The maximum absolute atomic E-state index is 13.4. The standard InChI is InChI=1S/C24H22ClN5O7S2/c25-22-12-11-19(30(32)33)15-18(22)16-26-27-24(31)23-17-28(38(34,35)20-7-3-1-4-8-20)13-14-29(23)39(36,37)21-9-5-2-6-10-21/h1-12,15-16,23H,13-14,17H2,(H,27,31)/b26-16-/t23-/m0/s1. The number of nitrogens with one attached hydrogen (secondary N) is 1. The van der Waals surface area contributed by atoms with Crippen LogP contribution in [0.15, 0.2) is 93.8 Å². The first kappa shape index (κ1) is 28.3. The number of hydrogen-bond acceptors (Lipinski definition) is 8. The molecule has 0 aromatic heterocycles. The fourth-order valence-corrected chi connectivity index (χ4v) is 7.13. The van der Waals surface area contributed by atoms with Gasteiger partial charge in [-0.1, -0.05) is 48.0 Å². The molecule has 0 unspecified atom stereocenters. The second-order valence-corrected chi connectivity index (χ2v) is 12.6. The molecule has 1 aliphatic heterocycles. The lowest BCUT2D eigenvalue weighted by Gasteiger charge is -2.38. The van der Waals surface area contributed by atoms with Gasteiger partial charge >= 0.3 is 0 Å². The number of sulfonamides is 2. The Hall–Kier alpha value is -3.69. The molecule has 1 aliphatic rings. The molecule has 0 spiro atoms. The lowest BCUT2D eigenvalue weighted by atomic mass is 10.2. The highest BCUT2D eigenvalue weighted by Gasteiger charge is 2.43. The molecule has 4 rings (SSSR count). The first-order valence-corrected chi connectivity index (χ1v) is 14.7. The molecule has 204 valence electrons. The average Bonchev–Trinajstić information content (AvgIpc) is 2.94. The Morgan fingerprint density at radius 2 is 1.54 bits per heavy atom. The summed E-state index contributed by atoms with van der Waals surface area (Å²) in [5.74, 6) is -0.903. The zero-order valence-electron chi connectivity index (χ0n) is 20.1. The Morgan fingerprint density at radius 1 is 0.949 bits per heavy atom. The number of benzene rings is 3. The maximum Gasteiger partial charge on any atom is 0.270 e. The molecule has 15 heteroatoms. The van der Waals surface area contributed by atoms with Gasteiger partial charge in [0.05, 0.1) is 20.9 Å². The van der Waals surface area contributed by atoms with Gasteiger partial charge in [0.15, 0.2) is 0 Å². The molecule has 3 aromatic carbocycles. The first-order chi connectivity index (χ1) is 18.5. The maximum atomic E-state index is 13.4. The van der Waals surface area contributed by atoms with Crippen LogP contribution in [0.3, 0.4) is 0 Å². The molecule has 1 saturated heterocycles. The van der Waals surface area contributed by atoms with Gasteiger partial charge in [-0.3, -0.25) is 14.9 Å². The van der Waals surface area contributed by atoms with Crippen LogP contribution in [-0.2, 0) is 24.8 Å². The zero-order chi connectivity index (χ0) is 28.2. The van der Waals surface area contributed by atoms with Crippen LogP contribution >= 0.6 is 11.6 Å². The molecule has 39 heavy (non-hydrogen) atoms. The number of piperazine rings is 1. The molecular weight excluding hydrogens is 570 g/mol. The van der Waals surface area contributed by atoms with Crippen LogP contribution in [0.5, 0.6) is 0 Å². The Bertz CT molecular complexity index is 1620. The van der Waals surface area contributed by atoms with Crippen LogP contribution in [0, 0.1) is 10.1 Å². The lowest BCUT2D eigenvalue weighted by Crippen LogP contribution is -2.60. The van der Waals surface area contributed by atoms with Crippen molar-refractivity contribution >= 4 is 49.5 Å². The molecular formula is C24H22ClN5O7S2. The second-order valence-electron chi connectivity index (χ2n) is 8.32. The fraction of sp³-hybridized carbons (Fsp3) is 0.167. The van der Waals surface area contributed by atoms with Crippen LogP contribution < -0.4 is 5.43 Å². The van der Waals surface area contributed by atoms with Gasteiger partial charge in [-0.2, -0.15) is 13.7 Å². The Labute approximate surface area is 229 Å². The predicted molar refractivity (Wildman–Crippen MR) is 143 cm³/mol. The molecule has 0 radical (unpaired) electrons. The summed E-state index contributed by atoms with van der Waals surface area (Å²) in [5.41, 5.74) is 2.10. The van der Waals surface area contributed by atoms with E-state index in [1.807, 2.05) is 0 Å². The summed E-state index contributed by atoms with van der Waals surface area (Å²) in [6.45, 7) is -0.941. The summed E-state index contributed by atoms with van der Waals surface area (Å²) in [4.78, 5) is 23.6. The molecule has 12 nitrogen and oxygen atoms in total. The Balaban J connectivity index is 1.63. The minimum atomic E-state index is -4.19. The third kappa shape index (κ3) is 6.15. The summed E-state index contributed by atoms with van der Waals surface area (Å²) < 4.78 is 55.3. The number of hydrazone groups is 1. The SMILES string of the molecule is O=C(N/N=C\c1cc([N+](=O)[O-])ccc1Cl)[C@@H]1CN(S(=O)(=O)c2ccccc2)CCN1S(=O)(=O)c1ccccc1. The topological polar surface area (TPSA) is 159 Å². The van der Waals surface area contributed by atoms with Crippen molar-refractivity contribution in [2.24, 2.45) is 5.10 Å². The van der Waals surface area contributed by atoms with E-state index in [0.717, 1.165) is 20.9 Å². The van der Waals surface area contributed by atoms with Crippen molar-refractivity contribution in [3.8, 4) is 0 Å². The molecule has 3 aromatic rings. The number of nitrogens with zero attached hydrogens (tertiary/aromatic N) is 4. The third-order valence-electron chi connectivity index (χ3n) is 5.90. The van der Waals surface area contributed by atoms with Crippen molar-refractivity contribution in [1.29, 1.82) is 0 Å². The van der Waals surface area contributed by atoms with E-state index < -0.39 is 43.5 Å². The van der Waals surface area contributed by atoms with Crippen molar-refractivity contribution in [1.82, 2.24) is 14.0 Å². The normalized spacial score (nSPS) is 17.2. The van der Waals surface area contributed by atoms with E-state index in [0.29, 0.717) is 0 Å². The van der Waals surface area contributed by atoms with Crippen LogP contribution in [0.25, 0.3) is 0 Å². The quantitative estimate of drug-likeness (QED) is 0.239. The highest BCUT2D eigenvalue weighted by molar-refractivity contribution is 7.89. The van der Waals surface area contributed by atoms with Gasteiger partial charge in [-0.05, 0) is 30.3 Å². The Kier molecular flexibility index (Phi) is 8.42.